The fourth-order valence-electron chi connectivity index (χ4n) is 4.75. The summed E-state index contributed by atoms with van der Waals surface area (Å²) >= 11 is 0. The monoisotopic (exact) mass is 596 g/mol. The molecule has 3 rings (SSSR count). The number of aromatic nitrogens is 1. The van der Waals surface area contributed by atoms with Crippen molar-refractivity contribution in [3.05, 3.63) is 54.2 Å². The van der Waals surface area contributed by atoms with Crippen molar-refractivity contribution in [1.82, 2.24) is 20.4 Å². The van der Waals surface area contributed by atoms with Crippen molar-refractivity contribution in [1.29, 1.82) is 0 Å². The fourth-order valence-corrected chi connectivity index (χ4v) is 4.75. The second-order valence-electron chi connectivity index (χ2n) is 11.2. The number of carbonyl (C=O) groups excluding carboxylic acids is 4. The van der Waals surface area contributed by atoms with Crippen LogP contribution in [0.15, 0.2) is 48.5 Å². The molecule has 5 atom stereocenters. The minimum atomic E-state index is -1.36. The molecule has 1 aromatic carbocycles. The molecule has 43 heavy (non-hydrogen) atoms. The molecule has 0 aliphatic carbocycles. The van der Waals surface area contributed by atoms with E-state index in [1.807, 2.05) is 44.2 Å². The van der Waals surface area contributed by atoms with Gasteiger partial charge < -0.3 is 29.9 Å². The van der Waals surface area contributed by atoms with Crippen LogP contribution in [0.25, 0.3) is 11.3 Å². The van der Waals surface area contributed by atoms with Gasteiger partial charge in [0.25, 0.3) is 11.9 Å². The van der Waals surface area contributed by atoms with Crippen LogP contribution in [-0.4, -0.2) is 97.2 Å². The number of nitrogens with zero attached hydrogens (tertiary/aromatic N) is 2. The summed E-state index contributed by atoms with van der Waals surface area (Å²) in [5, 5.41) is 16.0. The number of likely N-dealkylation sites (N-methyl/N-ethyl adjacent to an activating group) is 1. The lowest BCUT2D eigenvalue weighted by Crippen LogP contribution is -2.64. The molecule has 1 aliphatic heterocycles. The van der Waals surface area contributed by atoms with Crippen molar-refractivity contribution < 1.29 is 38.4 Å². The first-order valence-corrected chi connectivity index (χ1v) is 14.3. The smallest absolute Gasteiger partial charge is 0.475 e. The first kappa shape index (κ1) is 33.7. The van der Waals surface area contributed by atoms with Crippen LogP contribution < -0.4 is 10.6 Å². The molecule has 3 N–H and O–H groups in total. The summed E-state index contributed by atoms with van der Waals surface area (Å²) in [6.07, 6.45) is -0.934. The molecule has 0 unspecified atom stereocenters. The van der Waals surface area contributed by atoms with Gasteiger partial charge in [0.15, 0.2) is 0 Å². The van der Waals surface area contributed by atoms with Crippen LogP contribution in [0, 0.1) is 11.8 Å². The van der Waals surface area contributed by atoms with Crippen molar-refractivity contribution in [3.8, 4) is 11.3 Å². The Labute approximate surface area is 252 Å². The zero-order valence-corrected chi connectivity index (χ0v) is 25.5. The van der Waals surface area contributed by atoms with Crippen LogP contribution >= 0.6 is 0 Å². The van der Waals surface area contributed by atoms with Gasteiger partial charge in [-0.15, -0.1) is 0 Å². The van der Waals surface area contributed by atoms with Crippen molar-refractivity contribution >= 4 is 30.8 Å². The summed E-state index contributed by atoms with van der Waals surface area (Å²) in [6, 6.07) is 12.0. The number of aliphatic hydroxyl groups excluding tert-OH is 1. The number of nitrogens with one attached hydrogen (secondary N) is 2. The first-order valence-electron chi connectivity index (χ1n) is 14.3. The molecule has 1 saturated heterocycles. The second-order valence-corrected chi connectivity index (χ2v) is 11.2. The number of benzene rings is 1. The number of methoxy groups -OCH3 is 1. The van der Waals surface area contributed by atoms with E-state index in [0.717, 1.165) is 5.56 Å². The van der Waals surface area contributed by atoms with Gasteiger partial charge in [0.2, 0.25) is 5.91 Å². The van der Waals surface area contributed by atoms with Gasteiger partial charge in [0.05, 0.1) is 44.0 Å². The third-order valence-electron chi connectivity index (χ3n) is 7.15. The van der Waals surface area contributed by atoms with Crippen molar-refractivity contribution in [2.75, 3.05) is 27.4 Å². The Morgan fingerprint density at radius 2 is 1.79 bits per heavy atom. The molecular weight excluding hydrogens is 555 g/mol. The Balaban J connectivity index is 1.87. The summed E-state index contributed by atoms with van der Waals surface area (Å²) in [6.45, 7) is 6.88. The van der Waals surface area contributed by atoms with Gasteiger partial charge in [-0.25, -0.2) is 4.98 Å². The number of amides is 2. The Bertz CT molecular complexity index is 1260. The zero-order valence-electron chi connectivity index (χ0n) is 25.5. The Hall–Kier alpha value is -3.81. The minimum Gasteiger partial charge on any atom is -0.518 e. The van der Waals surface area contributed by atoms with E-state index in [0.29, 0.717) is 12.1 Å². The van der Waals surface area contributed by atoms with Gasteiger partial charge in [0, 0.05) is 5.56 Å². The van der Waals surface area contributed by atoms with Crippen molar-refractivity contribution in [2.24, 2.45) is 11.8 Å². The normalized spacial score (nSPS) is 20.1. The molecule has 2 aromatic rings. The molecule has 0 spiro atoms. The number of rotatable bonds is 10. The lowest BCUT2D eigenvalue weighted by Gasteiger charge is -2.35. The molecular formula is C30H41BN4O8. The van der Waals surface area contributed by atoms with Gasteiger partial charge in [-0.3, -0.25) is 24.0 Å². The average Bonchev–Trinajstić information content (AvgIpc) is 3.04. The van der Waals surface area contributed by atoms with Crippen LogP contribution in [0.2, 0.25) is 0 Å². The highest BCUT2D eigenvalue weighted by atomic mass is 16.5. The standard InChI is InChI=1S/C30H41BN4O8/c1-18(2)15-25(31-35(5)24(30(40)41-6)17-42-16-19(3)29(39)43-31)33-28(38)26(20(4)36)34-27(37)23-14-10-13-22(32-23)21-11-8-7-9-12-21/h7-14,18-20,24-26,36H,15-17H2,1-6H3,(H,33,38)(H,34,37)/t19-,20-,24+,25+,26+/m1/s1. The molecule has 13 heteroatoms. The molecule has 1 fully saturated rings. The number of carbonyl (C=O) groups is 4. The highest BCUT2D eigenvalue weighted by Crippen LogP contribution is 2.19. The third-order valence-corrected chi connectivity index (χ3v) is 7.15. The molecule has 0 bridgehead atoms. The lowest BCUT2D eigenvalue weighted by atomic mass is 9.66. The average molecular weight is 596 g/mol. The fraction of sp³-hybridized carbons (Fsp3) is 0.500. The molecule has 0 radical (unpaired) electrons. The summed E-state index contributed by atoms with van der Waals surface area (Å²) in [7, 11) is 1.75. The number of hydrogen-bond donors (Lipinski definition) is 3. The number of aliphatic hydroxyl groups is 1. The third kappa shape index (κ3) is 9.09. The predicted octanol–water partition coefficient (Wildman–Crippen LogP) is 1.47. The van der Waals surface area contributed by atoms with Crippen molar-refractivity contribution in [3.63, 3.8) is 0 Å². The number of esters is 1. The Kier molecular flexibility index (Phi) is 12.2. The van der Waals surface area contributed by atoms with E-state index < -0.39 is 60.9 Å². The first-order chi connectivity index (χ1) is 20.4. The quantitative estimate of drug-likeness (QED) is 0.271. The van der Waals surface area contributed by atoms with Crippen LogP contribution in [0.3, 0.4) is 0 Å². The van der Waals surface area contributed by atoms with E-state index in [2.05, 4.69) is 15.6 Å². The summed E-state index contributed by atoms with van der Waals surface area (Å²) in [5.74, 6) is -3.91. The Morgan fingerprint density at radius 3 is 2.42 bits per heavy atom. The van der Waals surface area contributed by atoms with Crippen molar-refractivity contribution in [2.45, 2.75) is 58.2 Å². The SMILES string of the molecule is COC(=O)[C@@H]1COC[C@@H](C)C(=O)OB([C@H](CC(C)C)NC(=O)[C@@H](NC(=O)c2cccc(-c3ccccc3)n2)[C@@H](C)O)N1C. The van der Waals surface area contributed by atoms with Crippen LogP contribution in [-0.2, 0) is 28.5 Å². The largest absolute Gasteiger partial charge is 0.518 e. The van der Waals surface area contributed by atoms with Crippen LogP contribution in [0.1, 0.15) is 44.6 Å². The topological polar surface area (TPSA) is 156 Å². The molecule has 2 amide bonds. The molecule has 232 valence electrons. The molecule has 2 heterocycles. The van der Waals surface area contributed by atoms with E-state index >= 15 is 0 Å². The van der Waals surface area contributed by atoms with Gasteiger partial charge in [-0.1, -0.05) is 50.2 Å². The van der Waals surface area contributed by atoms with Gasteiger partial charge >= 0.3 is 13.0 Å². The number of pyridine rings is 1. The summed E-state index contributed by atoms with van der Waals surface area (Å²) in [4.78, 5) is 58.3. The highest BCUT2D eigenvalue weighted by Gasteiger charge is 2.45. The van der Waals surface area contributed by atoms with E-state index in [9.17, 15) is 24.3 Å². The number of ether oxygens (including phenoxy) is 2. The minimum absolute atomic E-state index is 0.0276. The van der Waals surface area contributed by atoms with Gasteiger partial charge in [-0.05, 0) is 45.4 Å². The van der Waals surface area contributed by atoms with E-state index in [-0.39, 0.29) is 24.8 Å². The molecule has 1 aliphatic rings. The summed E-state index contributed by atoms with van der Waals surface area (Å²) < 4.78 is 16.4. The zero-order chi connectivity index (χ0) is 31.7. The maximum atomic E-state index is 13.6. The maximum absolute atomic E-state index is 13.6. The van der Waals surface area contributed by atoms with Crippen LogP contribution in [0.5, 0.6) is 0 Å². The Morgan fingerprint density at radius 1 is 1.09 bits per heavy atom. The highest BCUT2D eigenvalue weighted by molar-refractivity contribution is 6.53. The van der Waals surface area contributed by atoms with E-state index in [1.54, 1.807) is 26.1 Å². The summed E-state index contributed by atoms with van der Waals surface area (Å²) in [5.41, 5.74) is 1.46. The number of hydrogen-bond acceptors (Lipinski definition) is 10. The van der Waals surface area contributed by atoms with E-state index in [1.165, 1.54) is 24.9 Å². The lowest BCUT2D eigenvalue weighted by molar-refractivity contribution is -0.147. The molecule has 1 aromatic heterocycles. The van der Waals surface area contributed by atoms with E-state index in [4.69, 9.17) is 14.1 Å². The predicted molar refractivity (Wildman–Crippen MR) is 159 cm³/mol. The molecule has 12 nitrogen and oxygen atoms in total. The molecule has 0 saturated carbocycles. The van der Waals surface area contributed by atoms with Crippen LogP contribution in [0.4, 0.5) is 0 Å². The van der Waals surface area contributed by atoms with Gasteiger partial charge in [0.1, 0.15) is 17.8 Å². The maximum Gasteiger partial charge on any atom is 0.475 e. The second kappa shape index (κ2) is 15.6. The van der Waals surface area contributed by atoms with Gasteiger partial charge in [-0.2, -0.15) is 0 Å².